The van der Waals surface area contributed by atoms with Gasteiger partial charge in [-0.3, -0.25) is 10.1 Å². The first-order valence-corrected chi connectivity index (χ1v) is 7.41. The van der Waals surface area contributed by atoms with Crippen LogP contribution in [0.5, 0.6) is 0 Å². The maximum atomic E-state index is 11.8. The molecule has 0 aliphatic heterocycles. The highest BCUT2D eigenvalue weighted by molar-refractivity contribution is 9.27. The molecule has 0 atom stereocenters. The summed E-state index contributed by atoms with van der Waals surface area (Å²) < 4.78 is 22.5. The molecule has 0 N–H and O–H groups in total. The third kappa shape index (κ3) is 2.61. The Hall–Kier alpha value is -0.470. The Balaban J connectivity index is 3.52. The summed E-state index contributed by atoms with van der Waals surface area (Å²) >= 11 is 5.68. The summed E-state index contributed by atoms with van der Waals surface area (Å²) in [5.74, 6) is 0. The number of aryl methyl sites for hydroxylation is 1. The number of rotatable bonds is 3. The lowest BCUT2D eigenvalue weighted by atomic mass is 10.2. The number of sulfone groups is 1. The predicted octanol–water partition coefficient (Wildman–Crippen LogP) is 2.75. The zero-order valence-electron chi connectivity index (χ0n) is 8.05. The summed E-state index contributed by atoms with van der Waals surface area (Å²) in [5.41, 5.74) is 0.218. The summed E-state index contributed by atoms with van der Waals surface area (Å²) in [4.78, 5) is 9.74. The second-order valence-electron chi connectivity index (χ2n) is 3.03. The largest absolute Gasteiger partial charge is 0.288 e. The number of nitro groups is 1. The highest BCUT2D eigenvalue weighted by atomic mass is 79.9. The van der Waals surface area contributed by atoms with Crippen LogP contribution in [0, 0.1) is 17.0 Å². The standard InChI is InChI=1S/C8H7Br2NO4S/c1-5-2-3-7(6(4-5)11(12)13)16(14,15)8(9)10/h2-4,8H,1H3. The first-order valence-electron chi connectivity index (χ1n) is 4.04. The molecule has 0 amide bonds. The van der Waals surface area contributed by atoms with Crippen LogP contribution in [0.3, 0.4) is 0 Å². The van der Waals surface area contributed by atoms with Crippen molar-refractivity contribution in [3.05, 3.63) is 33.9 Å². The Labute approximate surface area is 109 Å². The van der Waals surface area contributed by atoms with Gasteiger partial charge in [0.05, 0.1) is 4.92 Å². The lowest BCUT2D eigenvalue weighted by Gasteiger charge is -2.06. The van der Waals surface area contributed by atoms with Crippen LogP contribution in [-0.4, -0.2) is 16.4 Å². The van der Waals surface area contributed by atoms with Crippen molar-refractivity contribution in [2.75, 3.05) is 0 Å². The number of hydrogen-bond acceptors (Lipinski definition) is 4. The number of halogens is 2. The molecule has 88 valence electrons. The number of alkyl halides is 2. The van der Waals surface area contributed by atoms with Gasteiger partial charge in [0.2, 0.25) is 9.84 Å². The van der Waals surface area contributed by atoms with Crippen LogP contribution < -0.4 is 0 Å². The van der Waals surface area contributed by atoms with Crippen molar-refractivity contribution in [2.24, 2.45) is 0 Å². The van der Waals surface area contributed by atoms with Gasteiger partial charge in [-0.15, -0.1) is 0 Å². The predicted molar refractivity (Wildman–Crippen MR) is 66.7 cm³/mol. The second kappa shape index (κ2) is 4.80. The Morgan fingerprint density at radius 3 is 2.38 bits per heavy atom. The quantitative estimate of drug-likeness (QED) is 0.464. The smallest absolute Gasteiger partial charge is 0.258 e. The average molecular weight is 373 g/mol. The van der Waals surface area contributed by atoms with Gasteiger partial charge in [-0.25, -0.2) is 8.42 Å². The van der Waals surface area contributed by atoms with Crippen molar-refractivity contribution in [3.8, 4) is 0 Å². The van der Waals surface area contributed by atoms with Crippen LogP contribution in [0.2, 0.25) is 0 Å². The Morgan fingerprint density at radius 1 is 1.38 bits per heavy atom. The van der Waals surface area contributed by atoms with E-state index in [-0.39, 0.29) is 4.90 Å². The van der Waals surface area contributed by atoms with E-state index in [1.54, 1.807) is 6.92 Å². The minimum atomic E-state index is -3.78. The molecule has 0 spiro atoms. The number of nitrogens with zero attached hydrogens (tertiary/aromatic N) is 1. The number of hydrogen-bond donors (Lipinski definition) is 0. The van der Waals surface area contributed by atoms with Gasteiger partial charge in [-0.1, -0.05) is 37.9 Å². The van der Waals surface area contributed by atoms with E-state index in [0.717, 1.165) is 0 Å². The zero-order chi connectivity index (χ0) is 12.5. The molecule has 16 heavy (non-hydrogen) atoms. The van der Waals surface area contributed by atoms with E-state index >= 15 is 0 Å². The van der Waals surface area contributed by atoms with Crippen molar-refractivity contribution in [2.45, 2.75) is 14.9 Å². The van der Waals surface area contributed by atoms with Crippen molar-refractivity contribution in [1.29, 1.82) is 0 Å². The summed E-state index contributed by atoms with van der Waals surface area (Å²) in [7, 11) is -3.78. The molecule has 0 bridgehead atoms. The maximum absolute atomic E-state index is 11.8. The monoisotopic (exact) mass is 371 g/mol. The van der Waals surface area contributed by atoms with Gasteiger partial charge in [-0.2, -0.15) is 0 Å². The fraction of sp³-hybridized carbons (Fsp3) is 0.250. The lowest BCUT2D eigenvalue weighted by molar-refractivity contribution is -0.387. The molecule has 1 aromatic carbocycles. The molecule has 0 saturated heterocycles. The van der Waals surface area contributed by atoms with E-state index in [1.807, 2.05) is 0 Å². The molecule has 0 radical (unpaired) electrons. The van der Waals surface area contributed by atoms with Gasteiger partial charge in [0, 0.05) is 6.07 Å². The molecule has 1 aromatic rings. The molecule has 5 nitrogen and oxygen atoms in total. The fourth-order valence-electron chi connectivity index (χ4n) is 1.11. The van der Waals surface area contributed by atoms with Crippen LogP contribution >= 0.6 is 31.9 Å². The van der Waals surface area contributed by atoms with Crippen molar-refractivity contribution in [1.82, 2.24) is 0 Å². The van der Waals surface area contributed by atoms with Gasteiger partial charge in [0.25, 0.3) is 5.69 Å². The molecule has 0 aliphatic rings. The van der Waals surface area contributed by atoms with Gasteiger partial charge in [-0.05, 0) is 18.6 Å². The van der Waals surface area contributed by atoms with Gasteiger partial charge in [0.15, 0.2) is 3.07 Å². The van der Waals surface area contributed by atoms with Crippen molar-refractivity contribution in [3.63, 3.8) is 0 Å². The van der Waals surface area contributed by atoms with E-state index in [4.69, 9.17) is 0 Å². The molecule has 0 aliphatic carbocycles. The molecule has 0 heterocycles. The lowest BCUT2D eigenvalue weighted by Crippen LogP contribution is -2.11. The molecular formula is C8H7Br2NO4S. The van der Waals surface area contributed by atoms with Gasteiger partial charge < -0.3 is 0 Å². The average Bonchev–Trinajstić information content (AvgIpc) is 2.16. The summed E-state index contributed by atoms with van der Waals surface area (Å²) in [6.45, 7) is 1.66. The second-order valence-corrected chi connectivity index (χ2v) is 9.31. The zero-order valence-corrected chi connectivity index (χ0v) is 12.0. The van der Waals surface area contributed by atoms with Crippen molar-refractivity contribution >= 4 is 47.4 Å². The first-order chi connectivity index (χ1) is 7.26. The summed E-state index contributed by atoms with van der Waals surface area (Å²) in [6.07, 6.45) is 0. The molecule has 0 fully saturated rings. The molecule has 1 rings (SSSR count). The van der Waals surface area contributed by atoms with Crippen molar-refractivity contribution < 1.29 is 13.3 Å². The van der Waals surface area contributed by atoms with Crippen LogP contribution in [0.1, 0.15) is 5.56 Å². The topological polar surface area (TPSA) is 77.3 Å². The molecule has 0 unspecified atom stereocenters. The minimum absolute atomic E-state index is 0.304. The molecule has 0 aromatic heterocycles. The molecular weight excluding hydrogens is 366 g/mol. The van der Waals surface area contributed by atoms with E-state index in [1.165, 1.54) is 18.2 Å². The van der Waals surface area contributed by atoms with Gasteiger partial charge in [0.1, 0.15) is 4.90 Å². The highest BCUT2D eigenvalue weighted by Gasteiger charge is 2.30. The van der Waals surface area contributed by atoms with E-state index in [0.29, 0.717) is 5.56 Å². The van der Waals surface area contributed by atoms with E-state index in [2.05, 4.69) is 31.9 Å². The number of nitro benzene ring substituents is 1. The van der Waals surface area contributed by atoms with Gasteiger partial charge >= 0.3 is 0 Å². The summed E-state index contributed by atoms with van der Waals surface area (Å²) in [5, 5.41) is 10.8. The maximum Gasteiger partial charge on any atom is 0.288 e. The first kappa shape index (κ1) is 13.6. The third-order valence-corrected chi connectivity index (χ3v) is 6.23. The summed E-state index contributed by atoms with van der Waals surface area (Å²) in [6, 6.07) is 3.98. The normalized spacial score (nSPS) is 11.8. The highest BCUT2D eigenvalue weighted by Crippen LogP contribution is 2.31. The van der Waals surface area contributed by atoms with E-state index < -0.39 is 23.5 Å². The van der Waals surface area contributed by atoms with Crippen LogP contribution in [0.4, 0.5) is 5.69 Å². The Kier molecular flexibility index (Phi) is 4.08. The van der Waals surface area contributed by atoms with Crippen LogP contribution in [0.25, 0.3) is 0 Å². The SMILES string of the molecule is Cc1ccc(S(=O)(=O)C(Br)Br)c([N+](=O)[O-])c1. The van der Waals surface area contributed by atoms with Crippen LogP contribution in [-0.2, 0) is 9.84 Å². The fourth-order valence-corrected chi connectivity index (χ4v) is 3.19. The minimum Gasteiger partial charge on any atom is -0.258 e. The third-order valence-electron chi connectivity index (χ3n) is 1.85. The Bertz CT molecular complexity index is 527. The molecule has 0 saturated carbocycles. The number of benzene rings is 1. The molecule has 8 heteroatoms. The Morgan fingerprint density at radius 2 is 1.94 bits per heavy atom. The van der Waals surface area contributed by atoms with Crippen LogP contribution in [0.15, 0.2) is 23.1 Å². The van der Waals surface area contributed by atoms with E-state index in [9.17, 15) is 18.5 Å².